The van der Waals surface area contributed by atoms with Gasteiger partial charge in [-0.25, -0.2) is 0 Å². The van der Waals surface area contributed by atoms with Gasteiger partial charge in [-0.15, -0.1) is 0 Å². The molecule has 0 spiro atoms. The van der Waals surface area contributed by atoms with Crippen molar-refractivity contribution >= 4 is 17.3 Å². The van der Waals surface area contributed by atoms with Crippen LogP contribution in [0, 0.1) is 6.92 Å². The SMILES string of the molecule is COc1cccc([C@@H](O)c2cc(C)ccc2N)c1Cl. The van der Waals surface area contributed by atoms with Gasteiger partial charge in [-0.2, -0.15) is 0 Å². The van der Waals surface area contributed by atoms with E-state index in [1.807, 2.05) is 19.1 Å². The lowest BCUT2D eigenvalue weighted by molar-refractivity contribution is 0.220. The monoisotopic (exact) mass is 277 g/mol. The largest absolute Gasteiger partial charge is 0.495 e. The number of ether oxygens (including phenoxy) is 1. The van der Waals surface area contributed by atoms with E-state index in [4.69, 9.17) is 22.1 Å². The van der Waals surface area contributed by atoms with Crippen molar-refractivity contribution in [3.8, 4) is 5.75 Å². The summed E-state index contributed by atoms with van der Waals surface area (Å²) in [6, 6.07) is 10.8. The van der Waals surface area contributed by atoms with E-state index < -0.39 is 6.10 Å². The first-order chi connectivity index (χ1) is 9.04. The van der Waals surface area contributed by atoms with Crippen molar-refractivity contribution in [2.24, 2.45) is 0 Å². The fourth-order valence-electron chi connectivity index (χ4n) is 2.00. The van der Waals surface area contributed by atoms with Crippen LogP contribution in [-0.4, -0.2) is 12.2 Å². The van der Waals surface area contributed by atoms with E-state index in [9.17, 15) is 5.11 Å². The molecule has 4 heteroatoms. The van der Waals surface area contributed by atoms with Gasteiger partial charge in [0.1, 0.15) is 11.9 Å². The minimum absolute atomic E-state index is 0.401. The number of methoxy groups -OCH3 is 1. The molecular weight excluding hydrogens is 262 g/mol. The van der Waals surface area contributed by atoms with Gasteiger partial charge in [-0.3, -0.25) is 0 Å². The summed E-state index contributed by atoms with van der Waals surface area (Å²) >= 11 is 6.22. The third kappa shape index (κ3) is 2.67. The van der Waals surface area contributed by atoms with Crippen LogP contribution in [0.25, 0.3) is 0 Å². The summed E-state index contributed by atoms with van der Waals surface area (Å²) in [6.45, 7) is 1.95. The van der Waals surface area contributed by atoms with Gasteiger partial charge in [0.25, 0.3) is 0 Å². The first kappa shape index (κ1) is 13.7. The van der Waals surface area contributed by atoms with Crippen molar-refractivity contribution in [1.82, 2.24) is 0 Å². The molecule has 0 unspecified atom stereocenters. The Bertz CT molecular complexity index is 599. The molecule has 0 aliphatic carbocycles. The topological polar surface area (TPSA) is 55.5 Å². The zero-order chi connectivity index (χ0) is 14.0. The second-order valence-electron chi connectivity index (χ2n) is 4.40. The predicted molar refractivity (Wildman–Crippen MR) is 77.7 cm³/mol. The average Bonchev–Trinajstić information content (AvgIpc) is 2.41. The maximum Gasteiger partial charge on any atom is 0.137 e. The highest BCUT2D eigenvalue weighted by molar-refractivity contribution is 6.32. The lowest BCUT2D eigenvalue weighted by atomic mass is 9.98. The van der Waals surface area contributed by atoms with Gasteiger partial charge in [0.05, 0.1) is 12.1 Å². The van der Waals surface area contributed by atoms with E-state index in [0.29, 0.717) is 27.6 Å². The molecule has 1 atom stereocenters. The fourth-order valence-corrected chi connectivity index (χ4v) is 2.30. The number of benzene rings is 2. The molecule has 2 aromatic rings. The fraction of sp³-hybridized carbons (Fsp3) is 0.200. The number of aliphatic hydroxyl groups is 1. The summed E-state index contributed by atoms with van der Waals surface area (Å²) in [5.74, 6) is 0.532. The van der Waals surface area contributed by atoms with Crippen LogP contribution < -0.4 is 10.5 Å². The second kappa shape index (κ2) is 5.51. The van der Waals surface area contributed by atoms with Gasteiger partial charge < -0.3 is 15.6 Å². The number of hydrogen-bond acceptors (Lipinski definition) is 3. The van der Waals surface area contributed by atoms with Crippen molar-refractivity contribution in [3.63, 3.8) is 0 Å². The Morgan fingerprint density at radius 3 is 2.63 bits per heavy atom. The third-order valence-electron chi connectivity index (χ3n) is 3.04. The van der Waals surface area contributed by atoms with E-state index in [0.717, 1.165) is 5.56 Å². The van der Waals surface area contributed by atoms with Crippen molar-refractivity contribution in [2.45, 2.75) is 13.0 Å². The standard InChI is InChI=1S/C15H16ClNO2/c1-9-6-7-12(17)11(8-9)15(18)10-4-3-5-13(19-2)14(10)16/h3-8,15,18H,17H2,1-2H3/t15-/m1/s1. The number of nitrogen functional groups attached to an aromatic ring is 1. The molecule has 0 aliphatic rings. The molecule has 0 fully saturated rings. The van der Waals surface area contributed by atoms with E-state index >= 15 is 0 Å². The highest BCUT2D eigenvalue weighted by Gasteiger charge is 2.18. The van der Waals surface area contributed by atoms with Crippen LogP contribution in [-0.2, 0) is 0 Å². The zero-order valence-electron chi connectivity index (χ0n) is 10.9. The molecule has 0 radical (unpaired) electrons. The van der Waals surface area contributed by atoms with Crippen LogP contribution >= 0.6 is 11.6 Å². The van der Waals surface area contributed by atoms with Gasteiger partial charge in [-0.05, 0) is 19.1 Å². The number of rotatable bonds is 3. The van der Waals surface area contributed by atoms with Crippen LogP contribution in [0.1, 0.15) is 22.8 Å². The molecule has 3 nitrogen and oxygen atoms in total. The van der Waals surface area contributed by atoms with Crippen LogP contribution in [0.5, 0.6) is 5.75 Å². The number of aryl methyl sites for hydroxylation is 1. The minimum Gasteiger partial charge on any atom is -0.495 e. The Morgan fingerprint density at radius 2 is 1.95 bits per heavy atom. The Labute approximate surface area is 117 Å². The van der Waals surface area contributed by atoms with E-state index in [2.05, 4.69) is 0 Å². The van der Waals surface area contributed by atoms with Crippen LogP contribution in [0.15, 0.2) is 36.4 Å². The summed E-state index contributed by atoms with van der Waals surface area (Å²) in [6.07, 6.45) is -0.873. The summed E-state index contributed by atoms with van der Waals surface area (Å²) in [5.41, 5.74) is 8.71. The molecule has 0 aliphatic heterocycles. The van der Waals surface area contributed by atoms with Crippen molar-refractivity contribution in [3.05, 3.63) is 58.1 Å². The summed E-state index contributed by atoms with van der Waals surface area (Å²) < 4.78 is 5.15. The van der Waals surface area contributed by atoms with Crippen molar-refractivity contribution in [1.29, 1.82) is 0 Å². The molecule has 0 aromatic heterocycles. The molecule has 0 heterocycles. The zero-order valence-corrected chi connectivity index (χ0v) is 11.6. The molecule has 3 N–H and O–H groups in total. The highest BCUT2D eigenvalue weighted by atomic mass is 35.5. The molecular formula is C15H16ClNO2. The van der Waals surface area contributed by atoms with E-state index in [-0.39, 0.29) is 0 Å². The van der Waals surface area contributed by atoms with Crippen molar-refractivity contribution in [2.75, 3.05) is 12.8 Å². The predicted octanol–water partition coefficient (Wildman–Crippen LogP) is 3.32. The van der Waals surface area contributed by atoms with Crippen LogP contribution in [0.2, 0.25) is 5.02 Å². The first-order valence-corrected chi connectivity index (χ1v) is 6.29. The van der Waals surface area contributed by atoms with E-state index in [1.54, 1.807) is 31.4 Å². The minimum atomic E-state index is -0.873. The highest BCUT2D eigenvalue weighted by Crippen LogP contribution is 2.36. The molecule has 2 rings (SSSR count). The van der Waals surface area contributed by atoms with Gasteiger partial charge in [0.2, 0.25) is 0 Å². The summed E-state index contributed by atoms with van der Waals surface area (Å²) in [4.78, 5) is 0. The second-order valence-corrected chi connectivity index (χ2v) is 4.78. The lowest BCUT2D eigenvalue weighted by Gasteiger charge is -2.17. The molecule has 0 bridgehead atoms. The number of anilines is 1. The molecule has 0 saturated carbocycles. The first-order valence-electron chi connectivity index (χ1n) is 5.91. The Kier molecular flexibility index (Phi) is 3.98. The van der Waals surface area contributed by atoms with Gasteiger partial charge in [-0.1, -0.05) is 41.4 Å². The van der Waals surface area contributed by atoms with Crippen molar-refractivity contribution < 1.29 is 9.84 Å². The number of halogens is 1. The summed E-state index contributed by atoms with van der Waals surface area (Å²) in [7, 11) is 1.54. The van der Waals surface area contributed by atoms with Gasteiger partial charge >= 0.3 is 0 Å². The number of hydrogen-bond donors (Lipinski definition) is 2. The quantitative estimate of drug-likeness (QED) is 0.846. The van der Waals surface area contributed by atoms with Gasteiger partial charge in [0.15, 0.2) is 0 Å². The van der Waals surface area contributed by atoms with Crippen LogP contribution in [0.3, 0.4) is 0 Å². The van der Waals surface area contributed by atoms with Crippen LogP contribution in [0.4, 0.5) is 5.69 Å². The maximum absolute atomic E-state index is 10.5. The Balaban J connectivity index is 2.50. The lowest BCUT2D eigenvalue weighted by Crippen LogP contribution is -2.05. The number of nitrogens with two attached hydrogens (primary N) is 1. The molecule has 2 aromatic carbocycles. The van der Waals surface area contributed by atoms with Gasteiger partial charge in [0, 0.05) is 16.8 Å². The third-order valence-corrected chi connectivity index (χ3v) is 3.45. The molecule has 19 heavy (non-hydrogen) atoms. The Morgan fingerprint density at radius 1 is 1.21 bits per heavy atom. The molecule has 0 saturated heterocycles. The Hall–Kier alpha value is -1.71. The normalized spacial score (nSPS) is 12.2. The average molecular weight is 278 g/mol. The van der Waals surface area contributed by atoms with E-state index in [1.165, 1.54) is 0 Å². The molecule has 0 amide bonds. The summed E-state index contributed by atoms with van der Waals surface area (Å²) in [5, 5.41) is 10.9. The smallest absolute Gasteiger partial charge is 0.137 e. The number of aliphatic hydroxyl groups excluding tert-OH is 1. The molecule has 100 valence electrons. The maximum atomic E-state index is 10.5.